The zero-order valence-electron chi connectivity index (χ0n) is 11.8. The molecule has 18 heavy (non-hydrogen) atoms. The minimum atomic E-state index is -1.06. The minimum Gasteiger partial charge on any atom is -0.481 e. The Morgan fingerprint density at radius 1 is 1.22 bits per heavy atom. The van der Waals surface area contributed by atoms with E-state index >= 15 is 0 Å². The molecule has 0 spiro atoms. The Labute approximate surface area is 108 Å². The number of ether oxygens (including phenoxy) is 1. The number of hydrogen-bond donors (Lipinski definition) is 1. The highest BCUT2D eigenvalue weighted by atomic mass is 16.5. The Hall–Kier alpha value is -1.10. The Balaban J connectivity index is 2.87. The molecule has 1 aliphatic heterocycles. The average Bonchev–Trinajstić information content (AvgIpc) is 2.12. The van der Waals surface area contributed by atoms with Crippen molar-refractivity contribution in [3.05, 3.63) is 0 Å². The van der Waals surface area contributed by atoms with Crippen LogP contribution in [0.25, 0.3) is 0 Å². The van der Waals surface area contributed by atoms with Gasteiger partial charge in [0.15, 0.2) is 0 Å². The third kappa shape index (κ3) is 3.45. The molecule has 0 bridgehead atoms. The van der Waals surface area contributed by atoms with Crippen LogP contribution in [0.1, 0.15) is 34.6 Å². The van der Waals surface area contributed by atoms with Crippen molar-refractivity contribution in [1.29, 1.82) is 0 Å². The number of carbonyl (C=O) groups excluding carboxylic acids is 1. The molecule has 0 aromatic carbocycles. The first-order valence-electron chi connectivity index (χ1n) is 6.30. The molecule has 0 aromatic heterocycles. The SMILES string of the molecule is C[C@@H]1CN(C(=O)C(C(=O)O)C(C)(C)C)C[C@H](C)O1. The van der Waals surface area contributed by atoms with Gasteiger partial charge in [0.25, 0.3) is 0 Å². The van der Waals surface area contributed by atoms with Gasteiger partial charge < -0.3 is 14.7 Å². The zero-order valence-corrected chi connectivity index (χ0v) is 11.8. The standard InChI is InChI=1S/C13H23NO4/c1-8-6-14(7-9(2)18-8)11(15)10(12(16)17)13(3,4)5/h8-10H,6-7H2,1-5H3,(H,16,17)/t8-,9+,10?. The van der Waals surface area contributed by atoms with Crippen molar-refractivity contribution >= 4 is 11.9 Å². The van der Waals surface area contributed by atoms with Crippen LogP contribution in [0.5, 0.6) is 0 Å². The van der Waals surface area contributed by atoms with Crippen molar-refractivity contribution in [2.24, 2.45) is 11.3 Å². The molecule has 0 aromatic rings. The van der Waals surface area contributed by atoms with E-state index in [-0.39, 0.29) is 18.1 Å². The van der Waals surface area contributed by atoms with E-state index < -0.39 is 17.3 Å². The van der Waals surface area contributed by atoms with Crippen molar-refractivity contribution in [2.75, 3.05) is 13.1 Å². The lowest BCUT2D eigenvalue weighted by Gasteiger charge is -2.38. The van der Waals surface area contributed by atoms with Gasteiger partial charge in [0.1, 0.15) is 5.92 Å². The number of hydrogen-bond acceptors (Lipinski definition) is 3. The molecular weight excluding hydrogens is 234 g/mol. The van der Waals surface area contributed by atoms with Gasteiger partial charge in [0, 0.05) is 13.1 Å². The maximum atomic E-state index is 12.4. The zero-order chi connectivity index (χ0) is 14.1. The van der Waals surface area contributed by atoms with Gasteiger partial charge in [-0.05, 0) is 19.3 Å². The number of aliphatic carboxylic acids is 1. The molecule has 1 fully saturated rings. The van der Waals surface area contributed by atoms with Gasteiger partial charge in [-0.25, -0.2) is 0 Å². The quantitative estimate of drug-likeness (QED) is 0.759. The van der Waals surface area contributed by atoms with E-state index in [9.17, 15) is 14.7 Å². The molecule has 1 unspecified atom stereocenters. The van der Waals surface area contributed by atoms with Crippen LogP contribution in [0, 0.1) is 11.3 Å². The Kier molecular flexibility index (Phi) is 4.37. The number of rotatable bonds is 2. The molecule has 1 saturated heterocycles. The third-order valence-electron chi connectivity index (χ3n) is 3.09. The van der Waals surface area contributed by atoms with Gasteiger partial charge in [-0.1, -0.05) is 20.8 Å². The number of carboxylic acid groups (broad SMARTS) is 1. The summed E-state index contributed by atoms with van der Waals surface area (Å²) in [6.07, 6.45) is -0.0979. The second-order valence-corrected chi connectivity index (χ2v) is 6.14. The summed E-state index contributed by atoms with van der Waals surface area (Å²) in [5, 5.41) is 9.26. The first-order valence-corrected chi connectivity index (χ1v) is 6.30. The van der Waals surface area contributed by atoms with Crippen LogP contribution in [-0.2, 0) is 14.3 Å². The molecule has 1 amide bonds. The third-order valence-corrected chi connectivity index (χ3v) is 3.09. The largest absolute Gasteiger partial charge is 0.481 e. The van der Waals surface area contributed by atoms with Crippen LogP contribution in [0.3, 0.4) is 0 Å². The van der Waals surface area contributed by atoms with Crippen molar-refractivity contribution in [3.8, 4) is 0 Å². The molecule has 5 heteroatoms. The summed E-state index contributed by atoms with van der Waals surface area (Å²) >= 11 is 0. The molecule has 104 valence electrons. The highest BCUT2D eigenvalue weighted by molar-refractivity contribution is 5.97. The maximum Gasteiger partial charge on any atom is 0.316 e. The van der Waals surface area contributed by atoms with E-state index in [4.69, 9.17) is 4.74 Å². The summed E-state index contributed by atoms with van der Waals surface area (Å²) in [5.74, 6) is -2.37. The van der Waals surface area contributed by atoms with Gasteiger partial charge in [-0.3, -0.25) is 9.59 Å². The van der Waals surface area contributed by atoms with Gasteiger partial charge in [-0.15, -0.1) is 0 Å². The van der Waals surface area contributed by atoms with Gasteiger partial charge >= 0.3 is 5.97 Å². The van der Waals surface area contributed by atoms with E-state index in [1.807, 2.05) is 13.8 Å². The van der Waals surface area contributed by atoms with Crippen molar-refractivity contribution in [2.45, 2.75) is 46.8 Å². The summed E-state index contributed by atoms with van der Waals surface area (Å²) in [6.45, 7) is 10.0. The van der Waals surface area contributed by atoms with Crippen LogP contribution in [0.2, 0.25) is 0 Å². The number of amides is 1. The van der Waals surface area contributed by atoms with E-state index in [0.717, 1.165) is 0 Å². The molecule has 3 atom stereocenters. The predicted molar refractivity (Wildman–Crippen MR) is 67.2 cm³/mol. The maximum absolute atomic E-state index is 12.4. The first-order chi connectivity index (χ1) is 8.12. The lowest BCUT2D eigenvalue weighted by atomic mass is 9.79. The average molecular weight is 257 g/mol. The minimum absolute atomic E-state index is 0.0490. The molecule has 1 aliphatic rings. The molecule has 0 radical (unpaired) electrons. The monoisotopic (exact) mass is 257 g/mol. The second-order valence-electron chi connectivity index (χ2n) is 6.14. The van der Waals surface area contributed by atoms with E-state index in [1.165, 1.54) is 0 Å². The lowest BCUT2D eigenvalue weighted by molar-refractivity contribution is -0.162. The van der Waals surface area contributed by atoms with Crippen LogP contribution in [0.15, 0.2) is 0 Å². The molecular formula is C13H23NO4. The fourth-order valence-electron chi connectivity index (χ4n) is 2.39. The summed E-state index contributed by atoms with van der Waals surface area (Å²) in [5.41, 5.74) is -0.590. The number of carbonyl (C=O) groups is 2. The molecule has 0 saturated carbocycles. The van der Waals surface area contributed by atoms with E-state index in [0.29, 0.717) is 13.1 Å². The van der Waals surface area contributed by atoms with Crippen LogP contribution < -0.4 is 0 Å². The molecule has 1 N–H and O–H groups in total. The molecule has 5 nitrogen and oxygen atoms in total. The predicted octanol–water partition coefficient (Wildman–Crippen LogP) is 1.37. The topological polar surface area (TPSA) is 66.8 Å². The first kappa shape index (κ1) is 15.0. The Bertz CT molecular complexity index is 324. The van der Waals surface area contributed by atoms with Crippen molar-refractivity contribution in [3.63, 3.8) is 0 Å². The molecule has 1 rings (SSSR count). The summed E-state index contributed by atoms with van der Waals surface area (Å²) in [7, 11) is 0. The smallest absolute Gasteiger partial charge is 0.316 e. The van der Waals surface area contributed by atoms with Crippen LogP contribution >= 0.6 is 0 Å². The summed E-state index contributed by atoms with van der Waals surface area (Å²) in [4.78, 5) is 25.3. The highest BCUT2D eigenvalue weighted by Crippen LogP contribution is 2.29. The number of carboxylic acids is 1. The number of morpholine rings is 1. The summed E-state index contributed by atoms with van der Waals surface area (Å²) < 4.78 is 5.55. The van der Waals surface area contributed by atoms with Crippen LogP contribution in [0.4, 0.5) is 0 Å². The normalized spacial score (nSPS) is 26.8. The Morgan fingerprint density at radius 3 is 2.00 bits per heavy atom. The fourth-order valence-corrected chi connectivity index (χ4v) is 2.39. The van der Waals surface area contributed by atoms with Gasteiger partial charge in [0.05, 0.1) is 12.2 Å². The lowest BCUT2D eigenvalue weighted by Crippen LogP contribution is -2.53. The summed E-state index contributed by atoms with van der Waals surface area (Å²) in [6, 6.07) is 0. The van der Waals surface area contributed by atoms with E-state index in [2.05, 4.69) is 0 Å². The molecule has 1 heterocycles. The highest BCUT2D eigenvalue weighted by Gasteiger charge is 2.41. The van der Waals surface area contributed by atoms with Crippen molar-refractivity contribution in [1.82, 2.24) is 4.90 Å². The fraction of sp³-hybridized carbons (Fsp3) is 0.846. The molecule has 0 aliphatic carbocycles. The van der Waals surface area contributed by atoms with E-state index in [1.54, 1.807) is 25.7 Å². The van der Waals surface area contributed by atoms with Crippen molar-refractivity contribution < 1.29 is 19.4 Å². The Morgan fingerprint density at radius 2 is 1.67 bits per heavy atom. The van der Waals surface area contributed by atoms with Gasteiger partial charge in [-0.2, -0.15) is 0 Å². The second kappa shape index (κ2) is 5.26. The van der Waals surface area contributed by atoms with Gasteiger partial charge in [0.2, 0.25) is 5.91 Å². The van der Waals surface area contributed by atoms with Crippen LogP contribution in [-0.4, -0.2) is 47.2 Å². The number of nitrogens with zero attached hydrogens (tertiary/aromatic N) is 1.